The van der Waals surface area contributed by atoms with Crippen molar-refractivity contribution in [1.82, 2.24) is 9.80 Å². The van der Waals surface area contributed by atoms with E-state index in [4.69, 9.17) is 14.2 Å². The first-order chi connectivity index (χ1) is 18.8. The predicted octanol–water partition coefficient (Wildman–Crippen LogP) is 3.24. The second kappa shape index (κ2) is 11.5. The zero-order valence-electron chi connectivity index (χ0n) is 21.6. The first-order valence-electron chi connectivity index (χ1n) is 12.6. The van der Waals surface area contributed by atoms with Gasteiger partial charge >= 0.3 is 0 Å². The van der Waals surface area contributed by atoms with Crippen LogP contribution < -0.4 is 18.5 Å². The number of benzene rings is 3. The average molecular weight is 556 g/mol. The van der Waals surface area contributed by atoms with Gasteiger partial charge in [0.05, 0.1) is 18.5 Å². The summed E-state index contributed by atoms with van der Waals surface area (Å²) in [5, 5.41) is 0. The molecule has 3 aromatic carbocycles. The lowest BCUT2D eigenvalue weighted by molar-refractivity contribution is -0.135. The van der Waals surface area contributed by atoms with Crippen LogP contribution in [0.1, 0.15) is 11.1 Å². The first-order valence-corrected chi connectivity index (χ1v) is 14.4. The van der Waals surface area contributed by atoms with Crippen molar-refractivity contribution in [2.24, 2.45) is 0 Å². The molecule has 1 amide bonds. The summed E-state index contributed by atoms with van der Waals surface area (Å²) in [6.45, 7) is 3.47. The lowest BCUT2D eigenvalue weighted by Gasteiger charge is -2.34. The van der Waals surface area contributed by atoms with E-state index in [1.165, 1.54) is 6.07 Å². The van der Waals surface area contributed by atoms with Gasteiger partial charge in [0.1, 0.15) is 11.6 Å². The summed E-state index contributed by atoms with van der Waals surface area (Å²) in [5.74, 6) is 1.38. The molecule has 2 aliphatic rings. The van der Waals surface area contributed by atoms with Gasteiger partial charge < -0.3 is 19.1 Å². The van der Waals surface area contributed by atoms with Crippen LogP contribution >= 0.6 is 0 Å². The van der Waals surface area contributed by atoms with E-state index in [1.807, 2.05) is 18.2 Å². The molecule has 0 saturated carbocycles. The number of hydrogen-bond acceptors (Lipinski definition) is 7. The normalized spacial score (nSPS) is 15.3. The van der Waals surface area contributed by atoms with Gasteiger partial charge in [-0.25, -0.2) is 12.8 Å². The highest BCUT2D eigenvalue weighted by Crippen LogP contribution is 2.33. The maximum atomic E-state index is 14.1. The summed E-state index contributed by atoms with van der Waals surface area (Å²) in [6, 6.07) is 18.4. The number of fused-ring (bicyclic) bond motifs is 1. The molecule has 39 heavy (non-hydrogen) atoms. The van der Waals surface area contributed by atoms with E-state index in [-0.39, 0.29) is 31.4 Å². The Kier molecular flexibility index (Phi) is 7.89. The number of hydrogen-bond donors (Lipinski definition) is 0. The fourth-order valence-corrected chi connectivity index (χ4v) is 5.46. The molecule has 206 valence electrons. The quantitative estimate of drug-likeness (QED) is 0.401. The summed E-state index contributed by atoms with van der Waals surface area (Å²) in [4.78, 5) is 16.8. The molecular formula is C28H30FN3O6S. The van der Waals surface area contributed by atoms with Crippen LogP contribution in [0.25, 0.3) is 0 Å². The van der Waals surface area contributed by atoms with Gasteiger partial charge in [0.15, 0.2) is 18.1 Å². The van der Waals surface area contributed by atoms with Crippen LogP contribution in [0.5, 0.6) is 17.2 Å². The molecule has 0 N–H and O–H groups in total. The van der Waals surface area contributed by atoms with E-state index in [0.717, 1.165) is 47.3 Å². The number of carbonyl (C=O) groups is 1. The molecule has 0 spiro atoms. The molecule has 5 rings (SSSR count). The Morgan fingerprint density at radius 2 is 1.69 bits per heavy atom. The SMILES string of the molecule is CS(=O)(=O)N(Cc1ccccc1F)c1ccc(OCC(=O)N2CCN(Cc3ccc4c(c3)OCO4)CC2)cc1. The molecule has 2 heterocycles. The Hall–Kier alpha value is -3.83. The molecule has 0 bridgehead atoms. The van der Waals surface area contributed by atoms with E-state index >= 15 is 0 Å². The van der Waals surface area contributed by atoms with Gasteiger partial charge in [-0.05, 0) is 48.0 Å². The molecule has 11 heteroatoms. The molecule has 3 aromatic rings. The third-order valence-corrected chi connectivity index (χ3v) is 7.87. The summed E-state index contributed by atoms with van der Waals surface area (Å²) < 4.78 is 56.6. The fraction of sp³-hybridized carbons (Fsp3) is 0.321. The number of nitrogens with zero attached hydrogens (tertiary/aromatic N) is 3. The topological polar surface area (TPSA) is 88.6 Å². The van der Waals surface area contributed by atoms with Crippen LogP contribution in [0.2, 0.25) is 0 Å². The summed E-state index contributed by atoms with van der Waals surface area (Å²) in [6.07, 6.45) is 1.08. The molecule has 9 nitrogen and oxygen atoms in total. The number of piperazine rings is 1. The van der Waals surface area contributed by atoms with Crippen LogP contribution in [0, 0.1) is 5.82 Å². The molecule has 0 aliphatic carbocycles. The van der Waals surface area contributed by atoms with Crippen LogP contribution in [0.4, 0.5) is 10.1 Å². The Balaban J connectivity index is 1.11. The van der Waals surface area contributed by atoms with Crippen LogP contribution in [-0.4, -0.2) is 70.0 Å². The lowest BCUT2D eigenvalue weighted by Crippen LogP contribution is -2.49. The zero-order chi connectivity index (χ0) is 27.4. The van der Waals surface area contributed by atoms with Crippen LogP contribution in [0.3, 0.4) is 0 Å². The summed E-state index contributed by atoms with van der Waals surface area (Å²) in [7, 11) is -3.66. The monoisotopic (exact) mass is 555 g/mol. The molecule has 1 saturated heterocycles. The summed E-state index contributed by atoms with van der Waals surface area (Å²) in [5.41, 5.74) is 1.77. The number of sulfonamides is 1. The predicted molar refractivity (Wildman–Crippen MR) is 144 cm³/mol. The van der Waals surface area contributed by atoms with Crippen molar-refractivity contribution in [1.29, 1.82) is 0 Å². The van der Waals surface area contributed by atoms with E-state index in [9.17, 15) is 17.6 Å². The van der Waals surface area contributed by atoms with E-state index in [2.05, 4.69) is 4.90 Å². The van der Waals surface area contributed by atoms with Gasteiger partial charge in [0, 0.05) is 38.3 Å². The van der Waals surface area contributed by atoms with Gasteiger partial charge in [0.2, 0.25) is 16.8 Å². The number of anilines is 1. The maximum absolute atomic E-state index is 14.1. The number of ether oxygens (including phenoxy) is 3. The minimum atomic E-state index is -3.66. The molecule has 0 aromatic heterocycles. The second-order valence-corrected chi connectivity index (χ2v) is 11.4. The van der Waals surface area contributed by atoms with Crippen molar-refractivity contribution >= 4 is 21.6 Å². The third-order valence-electron chi connectivity index (χ3n) is 6.73. The van der Waals surface area contributed by atoms with Crippen molar-refractivity contribution in [3.8, 4) is 17.2 Å². The van der Waals surface area contributed by atoms with Crippen molar-refractivity contribution in [3.05, 3.63) is 83.7 Å². The molecule has 1 fully saturated rings. The number of carbonyl (C=O) groups excluding carboxylic acids is 1. The number of amides is 1. The van der Waals surface area contributed by atoms with Gasteiger partial charge in [-0.3, -0.25) is 14.0 Å². The second-order valence-electron chi connectivity index (χ2n) is 9.49. The Morgan fingerprint density at radius 3 is 2.41 bits per heavy atom. The molecule has 0 atom stereocenters. The van der Waals surface area contributed by atoms with E-state index in [1.54, 1.807) is 47.4 Å². The van der Waals surface area contributed by atoms with Gasteiger partial charge in [-0.2, -0.15) is 0 Å². The van der Waals surface area contributed by atoms with E-state index in [0.29, 0.717) is 24.5 Å². The molecular weight excluding hydrogens is 525 g/mol. The number of halogens is 1. The van der Waals surface area contributed by atoms with Gasteiger partial charge in [-0.15, -0.1) is 0 Å². The van der Waals surface area contributed by atoms with Gasteiger partial charge in [0.25, 0.3) is 5.91 Å². The smallest absolute Gasteiger partial charge is 0.260 e. The lowest BCUT2D eigenvalue weighted by atomic mass is 10.1. The van der Waals surface area contributed by atoms with Crippen LogP contribution in [0.15, 0.2) is 66.7 Å². The highest BCUT2D eigenvalue weighted by atomic mass is 32.2. The fourth-order valence-electron chi connectivity index (χ4n) is 4.58. The Morgan fingerprint density at radius 1 is 0.974 bits per heavy atom. The molecule has 0 radical (unpaired) electrons. The van der Waals surface area contributed by atoms with Gasteiger partial charge in [-0.1, -0.05) is 24.3 Å². The third kappa shape index (κ3) is 6.61. The largest absolute Gasteiger partial charge is 0.484 e. The first kappa shape index (κ1) is 26.8. The van der Waals surface area contributed by atoms with Crippen molar-refractivity contribution in [2.75, 3.05) is 50.1 Å². The zero-order valence-corrected chi connectivity index (χ0v) is 22.4. The minimum Gasteiger partial charge on any atom is -0.484 e. The standard InChI is InChI=1S/C28H30FN3O6S/c1-39(34,35)32(18-22-4-2-3-5-25(22)29)23-7-9-24(10-8-23)36-19-28(33)31-14-12-30(13-15-31)17-21-6-11-26-27(16-21)38-20-37-26/h2-11,16H,12-15,17-20H2,1H3. The molecule has 0 unspecified atom stereocenters. The Labute approximate surface area is 227 Å². The highest BCUT2D eigenvalue weighted by Gasteiger charge is 2.23. The van der Waals surface area contributed by atoms with Crippen molar-refractivity contribution in [2.45, 2.75) is 13.1 Å². The van der Waals surface area contributed by atoms with Crippen molar-refractivity contribution in [3.63, 3.8) is 0 Å². The number of rotatable bonds is 9. The Bertz CT molecular complexity index is 1430. The van der Waals surface area contributed by atoms with E-state index < -0.39 is 15.8 Å². The summed E-state index contributed by atoms with van der Waals surface area (Å²) >= 11 is 0. The maximum Gasteiger partial charge on any atom is 0.260 e. The minimum absolute atomic E-state index is 0.112. The highest BCUT2D eigenvalue weighted by molar-refractivity contribution is 7.92. The van der Waals surface area contributed by atoms with Crippen molar-refractivity contribution < 1.29 is 31.8 Å². The van der Waals surface area contributed by atoms with Crippen LogP contribution in [-0.2, 0) is 27.9 Å². The molecule has 2 aliphatic heterocycles. The average Bonchev–Trinajstić information content (AvgIpc) is 3.39.